The molecule has 0 amide bonds. The van der Waals surface area contributed by atoms with Crippen LogP contribution >= 0.6 is 11.3 Å². The molecule has 1 aliphatic rings. The van der Waals surface area contributed by atoms with Crippen LogP contribution in [0.25, 0.3) is 16.2 Å². The van der Waals surface area contributed by atoms with Crippen LogP contribution in [0.5, 0.6) is 0 Å². The van der Waals surface area contributed by atoms with E-state index in [9.17, 15) is 26.7 Å². The van der Waals surface area contributed by atoms with Crippen molar-refractivity contribution in [2.75, 3.05) is 19.7 Å². The number of rotatable bonds is 4. The maximum Gasteiger partial charge on any atom is 0.425 e. The van der Waals surface area contributed by atoms with E-state index in [1.54, 1.807) is 0 Å². The SMILES string of the molecule is O=S(=O)(c1ccc2ncc(-c3ccc(C(F)(F)F)s3)n2n1)N1CCC(CO)CC1. The van der Waals surface area contributed by atoms with Gasteiger partial charge in [0.05, 0.1) is 11.1 Å². The molecule has 1 fully saturated rings. The van der Waals surface area contributed by atoms with Crippen LogP contribution in [0, 0.1) is 5.92 Å². The molecule has 0 unspecified atom stereocenters. The summed E-state index contributed by atoms with van der Waals surface area (Å²) in [6.45, 7) is 0.588. The zero-order valence-corrected chi connectivity index (χ0v) is 16.6. The lowest BCUT2D eigenvalue weighted by atomic mass is 10.00. The predicted octanol–water partition coefficient (Wildman–Crippen LogP) is 2.87. The van der Waals surface area contributed by atoms with Gasteiger partial charge in [-0.25, -0.2) is 17.9 Å². The van der Waals surface area contributed by atoms with Crippen molar-refractivity contribution < 1.29 is 26.7 Å². The molecular weight excluding hydrogens is 429 g/mol. The van der Waals surface area contributed by atoms with Gasteiger partial charge in [-0.05, 0) is 43.0 Å². The van der Waals surface area contributed by atoms with E-state index in [-0.39, 0.29) is 41.2 Å². The minimum atomic E-state index is -4.45. The van der Waals surface area contributed by atoms with Crippen molar-refractivity contribution in [3.63, 3.8) is 0 Å². The lowest BCUT2D eigenvalue weighted by Crippen LogP contribution is -2.39. The smallest absolute Gasteiger partial charge is 0.396 e. The number of halogens is 3. The highest BCUT2D eigenvalue weighted by Gasteiger charge is 2.33. The van der Waals surface area contributed by atoms with Crippen LogP contribution in [0.3, 0.4) is 0 Å². The number of aliphatic hydroxyl groups is 1. The third kappa shape index (κ3) is 3.77. The molecule has 1 N–H and O–H groups in total. The lowest BCUT2D eigenvalue weighted by Gasteiger charge is -2.29. The van der Waals surface area contributed by atoms with Crippen molar-refractivity contribution >= 4 is 27.0 Å². The number of fused-ring (bicyclic) bond motifs is 1. The second-order valence-electron chi connectivity index (χ2n) is 6.78. The van der Waals surface area contributed by atoms with Gasteiger partial charge in [-0.2, -0.15) is 22.6 Å². The molecule has 29 heavy (non-hydrogen) atoms. The summed E-state index contributed by atoms with van der Waals surface area (Å²) in [5, 5.41) is 13.2. The summed E-state index contributed by atoms with van der Waals surface area (Å²) in [5.41, 5.74) is 0.622. The Morgan fingerprint density at radius 1 is 1.17 bits per heavy atom. The second kappa shape index (κ2) is 7.35. The molecule has 1 saturated heterocycles. The summed E-state index contributed by atoms with van der Waals surface area (Å²) in [7, 11) is -3.86. The summed E-state index contributed by atoms with van der Waals surface area (Å²) in [4.78, 5) is 3.65. The Bertz CT molecular complexity index is 1130. The van der Waals surface area contributed by atoms with Gasteiger partial charge in [0.15, 0.2) is 10.7 Å². The fourth-order valence-corrected chi connectivity index (χ4v) is 5.50. The monoisotopic (exact) mass is 446 g/mol. The average Bonchev–Trinajstić information content (AvgIpc) is 3.34. The molecule has 0 aliphatic carbocycles. The van der Waals surface area contributed by atoms with Crippen LogP contribution in [0.2, 0.25) is 0 Å². The number of aliphatic hydroxyl groups excluding tert-OH is 1. The molecule has 0 saturated carbocycles. The van der Waals surface area contributed by atoms with Crippen LogP contribution in [-0.4, -0.2) is 52.1 Å². The second-order valence-corrected chi connectivity index (χ2v) is 9.75. The Kier molecular flexibility index (Phi) is 5.13. The molecule has 0 radical (unpaired) electrons. The third-order valence-electron chi connectivity index (χ3n) is 4.91. The number of imidazole rings is 1. The first-order valence-electron chi connectivity index (χ1n) is 8.83. The lowest BCUT2D eigenvalue weighted by molar-refractivity contribution is -0.134. The van der Waals surface area contributed by atoms with E-state index in [0.29, 0.717) is 29.8 Å². The predicted molar refractivity (Wildman–Crippen MR) is 99.9 cm³/mol. The molecule has 4 heterocycles. The molecule has 3 aromatic heterocycles. The summed E-state index contributed by atoms with van der Waals surface area (Å²) in [6.07, 6.45) is -1.96. The maximum absolute atomic E-state index is 13.0. The van der Waals surface area contributed by atoms with Crippen molar-refractivity contribution in [3.05, 3.63) is 35.3 Å². The molecule has 0 atom stereocenters. The number of thiophene rings is 1. The molecule has 3 aromatic rings. The van der Waals surface area contributed by atoms with Crippen molar-refractivity contribution in [2.24, 2.45) is 5.92 Å². The highest BCUT2D eigenvalue weighted by atomic mass is 32.2. The first kappa shape index (κ1) is 20.3. The summed E-state index contributed by atoms with van der Waals surface area (Å²) >= 11 is 0.547. The fourth-order valence-electron chi connectivity index (χ4n) is 3.25. The summed E-state index contributed by atoms with van der Waals surface area (Å²) in [6, 6.07) is 5.11. The molecular formula is C17H17F3N4O3S2. The number of hydrogen-bond acceptors (Lipinski definition) is 6. The van der Waals surface area contributed by atoms with Gasteiger partial charge in [0, 0.05) is 19.7 Å². The van der Waals surface area contributed by atoms with Crippen molar-refractivity contribution in [2.45, 2.75) is 24.0 Å². The van der Waals surface area contributed by atoms with Crippen LogP contribution in [-0.2, 0) is 16.2 Å². The first-order valence-corrected chi connectivity index (χ1v) is 11.1. The largest absolute Gasteiger partial charge is 0.425 e. The number of nitrogens with zero attached hydrogens (tertiary/aromatic N) is 4. The molecule has 4 rings (SSSR count). The number of piperidine rings is 1. The Balaban J connectivity index is 1.69. The number of hydrogen-bond donors (Lipinski definition) is 1. The van der Waals surface area contributed by atoms with Crippen LogP contribution in [0.4, 0.5) is 13.2 Å². The molecule has 1 aliphatic heterocycles. The zero-order chi connectivity index (χ0) is 20.8. The van der Waals surface area contributed by atoms with Gasteiger partial charge in [-0.3, -0.25) is 0 Å². The summed E-state index contributed by atoms with van der Waals surface area (Å²) in [5.74, 6) is 0.0822. The third-order valence-corrected chi connectivity index (χ3v) is 7.86. The van der Waals surface area contributed by atoms with Gasteiger partial charge in [0.25, 0.3) is 10.0 Å². The van der Waals surface area contributed by atoms with Crippen LogP contribution < -0.4 is 0 Å². The van der Waals surface area contributed by atoms with Gasteiger partial charge in [-0.1, -0.05) is 0 Å². The van der Waals surface area contributed by atoms with Gasteiger partial charge in [0.2, 0.25) is 0 Å². The van der Waals surface area contributed by atoms with E-state index in [1.807, 2.05) is 0 Å². The van der Waals surface area contributed by atoms with E-state index in [4.69, 9.17) is 0 Å². The fraction of sp³-hybridized carbons (Fsp3) is 0.412. The first-order chi connectivity index (χ1) is 13.7. The molecule has 12 heteroatoms. The molecule has 0 bridgehead atoms. The normalized spacial score (nSPS) is 17.2. The van der Waals surface area contributed by atoms with E-state index < -0.39 is 21.1 Å². The van der Waals surface area contributed by atoms with Gasteiger partial charge in [-0.15, -0.1) is 11.3 Å². The standard InChI is InChI=1S/C17H17F3N4O3S2/c18-17(19,20)14-2-1-13(28-14)12-9-21-15-3-4-16(22-24(12)15)29(26,27)23-7-5-11(10-25)6-8-23/h1-4,9,11,25H,5-8,10H2. The Morgan fingerprint density at radius 2 is 1.90 bits per heavy atom. The van der Waals surface area contributed by atoms with Crippen LogP contribution in [0.15, 0.2) is 35.5 Å². The highest BCUT2D eigenvalue weighted by molar-refractivity contribution is 7.89. The van der Waals surface area contributed by atoms with Crippen molar-refractivity contribution in [1.82, 2.24) is 18.9 Å². The minimum absolute atomic E-state index is 0.0250. The van der Waals surface area contributed by atoms with Gasteiger partial charge >= 0.3 is 6.18 Å². The van der Waals surface area contributed by atoms with Crippen LogP contribution in [0.1, 0.15) is 17.7 Å². The van der Waals surface area contributed by atoms with E-state index in [1.165, 1.54) is 33.2 Å². The van der Waals surface area contributed by atoms with Crippen molar-refractivity contribution in [3.8, 4) is 10.6 Å². The Hall–Kier alpha value is -2.02. The molecule has 156 valence electrons. The molecule has 7 nitrogen and oxygen atoms in total. The highest BCUT2D eigenvalue weighted by Crippen LogP contribution is 2.38. The average molecular weight is 446 g/mol. The number of sulfonamides is 1. The van der Waals surface area contributed by atoms with Gasteiger partial charge < -0.3 is 5.11 Å². The summed E-state index contributed by atoms with van der Waals surface area (Å²) < 4.78 is 67.2. The van der Waals surface area contributed by atoms with E-state index in [0.717, 1.165) is 6.07 Å². The topological polar surface area (TPSA) is 87.8 Å². The Morgan fingerprint density at radius 3 is 2.52 bits per heavy atom. The molecule has 0 aromatic carbocycles. The van der Waals surface area contributed by atoms with Gasteiger partial charge in [0.1, 0.15) is 10.6 Å². The van der Waals surface area contributed by atoms with E-state index >= 15 is 0 Å². The van der Waals surface area contributed by atoms with E-state index in [2.05, 4.69) is 10.1 Å². The molecule has 0 spiro atoms. The minimum Gasteiger partial charge on any atom is -0.396 e. The van der Waals surface area contributed by atoms with Crippen molar-refractivity contribution in [1.29, 1.82) is 0 Å². The number of aromatic nitrogens is 3. The Labute approximate surface area is 168 Å². The maximum atomic E-state index is 13.0. The number of alkyl halides is 3. The quantitative estimate of drug-likeness (QED) is 0.666. The zero-order valence-electron chi connectivity index (χ0n) is 15.0.